The number of benzene rings is 1. The van der Waals surface area contributed by atoms with E-state index in [1.807, 2.05) is 0 Å². The first kappa shape index (κ1) is 13.4. The second-order valence-electron chi connectivity index (χ2n) is 2.90. The van der Waals surface area contributed by atoms with E-state index >= 15 is 0 Å². The molecule has 17 heavy (non-hydrogen) atoms. The Morgan fingerprint density at radius 1 is 1.53 bits per heavy atom. The molecule has 1 rings (SSSR count). The van der Waals surface area contributed by atoms with E-state index in [1.54, 1.807) is 0 Å². The molecule has 1 N–H and O–H groups in total. The molecule has 0 unspecified atom stereocenters. The Labute approximate surface area is 106 Å². The second kappa shape index (κ2) is 5.60. The lowest BCUT2D eigenvalue weighted by Gasteiger charge is -2.05. The van der Waals surface area contributed by atoms with Crippen LogP contribution in [0.4, 0.5) is 5.69 Å². The van der Waals surface area contributed by atoms with Crippen molar-refractivity contribution in [3.05, 3.63) is 39.4 Å². The van der Waals surface area contributed by atoms with Crippen molar-refractivity contribution in [3.63, 3.8) is 0 Å². The number of hydrogen-bond acceptors (Lipinski definition) is 5. The van der Waals surface area contributed by atoms with Crippen molar-refractivity contribution in [1.82, 2.24) is 0 Å². The second-order valence-corrected chi connectivity index (χ2v) is 3.53. The normalized spacial score (nSPS) is 11.3. The van der Waals surface area contributed by atoms with Gasteiger partial charge in [0.05, 0.1) is 10.8 Å². The quantitative estimate of drug-likeness (QED) is 0.228. The first-order chi connectivity index (χ1) is 8.02. The third kappa shape index (κ3) is 2.72. The van der Waals surface area contributed by atoms with Gasteiger partial charge in [0.1, 0.15) is 5.56 Å². The van der Waals surface area contributed by atoms with Gasteiger partial charge in [-0.2, -0.15) is 0 Å². The largest absolute Gasteiger partial charge is 0.410 e. The van der Waals surface area contributed by atoms with Crippen molar-refractivity contribution < 1.29 is 14.9 Å². The summed E-state index contributed by atoms with van der Waals surface area (Å²) < 4.78 is 0. The molecule has 90 valence electrons. The molecular formula is C9H6Cl2N2O4. The number of nitrogens with zero attached hydrogens (tertiary/aromatic N) is 2. The number of alkyl halides is 1. The third-order valence-corrected chi connectivity index (χ3v) is 2.47. The van der Waals surface area contributed by atoms with E-state index in [0.717, 1.165) is 6.07 Å². The number of carbonyl (C=O) groups is 1. The van der Waals surface area contributed by atoms with Crippen molar-refractivity contribution in [2.45, 2.75) is 0 Å². The van der Waals surface area contributed by atoms with Gasteiger partial charge in [0, 0.05) is 11.6 Å². The van der Waals surface area contributed by atoms with E-state index in [0.29, 0.717) is 0 Å². The van der Waals surface area contributed by atoms with E-state index in [1.165, 1.54) is 12.1 Å². The summed E-state index contributed by atoms with van der Waals surface area (Å²) in [6.45, 7) is 0. The molecule has 1 aromatic rings. The zero-order valence-electron chi connectivity index (χ0n) is 8.26. The zero-order chi connectivity index (χ0) is 13.0. The fraction of sp³-hybridized carbons (Fsp3) is 0.111. The van der Waals surface area contributed by atoms with Crippen LogP contribution in [-0.2, 0) is 0 Å². The monoisotopic (exact) mass is 276 g/mol. The lowest BCUT2D eigenvalue weighted by atomic mass is 10.0. The van der Waals surface area contributed by atoms with E-state index in [2.05, 4.69) is 5.16 Å². The van der Waals surface area contributed by atoms with Crippen molar-refractivity contribution in [2.75, 3.05) is 5.88 Å². The topological polar surface area (TPSA) is 92.8 Å². The van der Waals surface area contributed by atoms with Crippen molar-refractivity contribution in [1.29, 1.82) is 0 Å². The molecule has 0 fully saturated rings. The summed E-state index contributed by atoms with van der Waals surface area (Å²) >= 11 is 10.9. The molecule has 0 radical (unpaired) electrons. The molecule has 0 aliphatic rings. The first-order valence-electron chi connectivity index (χ1n) is 4.27. The van der Waals surface area contributed by atoms with Gasteiger partial charge in [-0.25, -0.2) is 0 Å². The summed E-state index contributed by atoms with van der Waals surface area (Å²) in [4.78, 5) is 21.6. The van der Waals surface area contributed by atoms with Gasteiger partial charge in [-0.3, -0.25) is 14.9 Å². The molecular weight excluding hydrogens is 271 g/mol. The molecule has 6 nitrogen and oxygen atoms in total. The van der Waals surface area contributed by atoms with Gasteiger partial charge in [0.15, 0.2) is 11.0 Å². The van der Waals surface area contributed by atoms with Crippen LogP contribution in [0.2, 0.25) is 0 Å². The maximum Gasteiger partial charge on any atom is 0.280 e. The molecule has 0 spiro atoms. The molecule has 0 bridgehead atoms. The molecule has 1 aromatic carbocycles. The number of hydrogen-bond donors (Lipinski definition) is 1. The van der Waals surface area contributed by atoms with Crippen LogP contribution >= 0.6 is 23.2 Å². The minimum absolute atomic E-state index is 0.0333. The van der Waals surface area contributed by atoms with Gasteiger partial charge in [-0.1, -0.05) is 28.9 Å². The maximum absolute atomic E-state index is 11.5. The minimum atomic E-state index is -0.731. The number of rotatable bonds is 4. The zero-order valence-corrected chi connectivity index (χ0v) is 9.77. The highest BCUT2D eigenvalue weighted by atomic mass is 35.5. The number of ketones is 1. The average Bonchev–Trinajstić information content (AvgIpc) is 2.35. The van der Waals surface area contributed by atoms with Crippen LogP contribution in [0, 0.1) is 10.1 Å². The highest BCUT2D eigenvalue weighted by Crippen LogP contribution is 2.24. The Morgan fingerprint density at radius 2 is 2.18 bits per heavy atom. The predicted octanol–water partition coefficient (Wildman–Crippen LogP) is 2.39. The lowest BCUT2D eigenvalue weighted by Crippen LogP contribution is -2.11. The molecule has 0 saturated carbocycles. The standard InChI is InChI=1S/C9H6Cl2N2O4/c10-4-7(14)8-5(9(11)12-15)2-1-3-6(8)13(16)17/h1-3,15H,4H2. The van der Waals surface area contributed by atoms with Gasteiger partial charge >= 0.3 is 0 Å². The summed E-state index contributed by atoms with van der Waals surface area (Å²) in [5.41, 5.74) is -0.737. The molecule has 0 atom stereocenters. The smallest absolute Gasteiger partial charge is 0.280 e. The third-order valence-electron chi connectivity index (χ3n) is 1.95. The van der Waals surface area contributed by atoms with Gasteiger partial charge in [-0.05, 0) is 0 Å². The number of halogens is 2. The molecule has 0 aromatic heterocycles. The van der Waals surface area contributed by atoms with E-state index < -0.39 is 27.4 Å². The van der Waals surface area contributed by atoms with Crippen LogP contribution in [0.3, 0.4) is 0 Å². The molecule has 0 heterocycles. The van der Waals surface area contributed by atoms with Crippen LogP contribution in [-0.4, -0.2) is 27.0 Å². The fourth-order valence-corrected chi connectivity index (χ4v) is 1.57. The van der Waals surface area contributed by atoms with Crippen molar-refractivity contribution in [3.8, 4) is 0 Å². The molecule has 8 heteroatoms. The summed E-state index contributed by atoms with van der Waals surface area (Å²) in [6, 6.07) is 3.80. The Hall–Kier alpha value is -1.66. The van der Waals surface area contributed by atoms with Gasteiger partial charge in [0.2, 0.25) is 0 Å². The number of oxime groups is 1. The number of carbonyl (C=O) groups excluding carboxylic acids is 1. The average molecular weight is 277 g/mol. The van der Waals surface area contributed by atoms with Gasteiger partial charge in [0.25, 0.3) is 5.69 Å². The summed E-state index contributed by atoms with van der Waals surface area (Å²) in [5.74, 6) is -1.11. The minimum Gasteiger partial charge on any atom is -0.410 e. The van der Waals surface area contributed by atoms with Crippen LogP contribution in [0.1, 0.15) is 15.9 Å². The molecule has 0 aliphatic heterocycles. The van der Waals surface area contributed by atoms with Gasteiger partial charge in [-0.15, -0.1) is 11.6 Å². The SMILES string of the molecule is O=C(CCl)c1c(C(Cl)=NO)cccc1[N+](=O)[O-]. The van der Waals surface area contributed by atoms with Crippen LogP contribution < -0.4 is 0 Å². The summed E-state index contributed by atoms with van der Waals surface area (Å²) in [5, 5.41) is 21.6. The fourth-order valence-electron chi connectivity index (χ4n) is 1.28. The summed E-state index contributed by atoms with van der Waals surface area (Å²) in [6.07, 6.45) is 0. The Kier molecular flexibility index (Phi) is 4.42. The van der Waals surface area contributed by atoms with E-state index in [9.17, 15) is 14.9 Å². The first-order valence-corrected chi connectivity index (χ1v) is 5.18. The number of Topliss-reactive ketones (excluding diaryl/α,β-unsaturated/α-hetero) is 1. The number of nitro groups is 1. The van der Waals surface area contributed by atoms with E-state index in [-0.39, 0.29) is 11.1 Å². The summed E-state index contributed by atoms with van der Waals surface area (Å²) in [7, 11) is 0. The van der Waals surface area contributed by atoms with Crippen LogP contribution in [0.15, 0.2) is 23.4 Å². The maximum atomic E-state index is 11.5. The van der Waals surface area contributed by atoms with Crippen LogP contribution in [0.25, 0.3) is 0 Å². The highest BCUT2D eigenvalue weighted by Gasteiger charge is 2.25. The molecule has 0 aliphatic carbocycles. The Balaban J connectivity index is 3.56. The lowest BCUT2D eigenvalue weighted by molar-refractivity contribution is -0.385. The Morgan fingerprint density at radius 3 is 2.65 bits per heavy atom. The Bertz CT molecular complexity index is 502. The van der Waals surface area contributed by atoms with E-state index in [4.69, 9.17) is 28.4 Å². The molecule has 0 saturated heterocycles. The van der Waals surface area contributed by atoms with Crippen molar-refractivity contribution in [2.24, 2.45) is 5.16 Å². The molecule has 0 amide bonds. The van der Waals surface area contributed by atoms with Crippen molar-refractivity contribution >= 4 is 39.8 Å². The highest BCUT2D eigenvalue weighted by molar-refractivity contribution is 6.70. The van der Waals surface area contributed by atoms with Crippen LogP contribution in [0.5, 0.6) is 0 Å². The van der Waals surface area contributed by atoms with Gasteiger partial charge < -0.3 is 5.21 Å². The number of nitro benzene ring substituents is 1. The predicted molar refractivity (Wildman–Crippen MR) is 62.3 cm³/mol.